The van der Waals surface area contributed by atoms with E-state index >= 15 is 0 Å². The highest BCUT2D eigenvalue weighted by Gasteiger charge is 2.61. The van der Waals surface area contributed by atoms with Crippen LogP contribution in [0.4, 0.5) is 5.69 Å². The largest absolute Gasteiger partial charge is 0.469 e. The fraction of sp³-hybridized carbons (Fsp3) is 0.321. The number of amides is 1. The number of rotatable bonds is 3. The Morgan fingerprint density at radius 3 is 2.78 bits per heavy atom. The summed E-state index contributed by atoms with van der Waals surface area (Å²) in [6, 6.07) is 13.7. The number of aromatic nitrogens is 2. The lowest BCUT2D eigenvalue weighted by Gasteiger charge is -2.27. The zero-order valence-electron chi connectivity index (χ0n) is 20.4. The quantitative estimate of drug-likeness (QED) is 0.387. The van der Waals surface area contributed by atoms with E-state index in [0.29, 0.717) is 35.9 Å². The minimum absolute atomic E-state index is 0.0132. The Bertz CT molecular complexity index is 1540. The minimum Gasteiger partial charge on any atom is -0.469 e. The van der Waals surface area contributed by atoms with Gasteiger partial charge in [-0.1, -0.05) is 44.2 Å². The van der Waals surface area contributed by atoms with Crippen molar-refractivity contribution >= 4 is 11.6 Å². The molecule has 1 amide bonds. The van der Waals surface area contributed by atoms with E-state index in [-0.39, 0.29) is 24.3 Å². The summed E-state index contributed by atoms with van der Waals surface area (Å²) < 4.78 is 19.0. The average Bonchev–Trinajstić information content (AvgIpc) is 3.65. The van der Waals surface area contributed by atoms with E-state index in [9.17, 15) is 9.90 Å². The Balaban J connectivity index is 1.58. The molecule has 4 aromatic rings. The van der Waals surface area contributed by atoms with E-state index in [1.165, 1.54) is 6.26 Å². The Hall–Kier alpha value is -4.11. The number of nitrogens with one attached hydrogen (secondary N) is 2. The maximum absolute atomic E-state index is 12.9. The second kappa shape index (κ2) is 7.94. The van der Waals surface area contributed by atoms with Crippen molar-refractivity contribution in [2.45, 2.75) is 51.0 Å². The van der Waals surface area contributed by atoms with Gasteiger partial charge in [0.2, 0.25) is 17.7 Å². The van der Waals surface area contributed by atoms with Crippen molar-refractivity contribution in [3.63, 3.8) is 0 Å². The van der Waals surface area contributed by atoms with Gasteiger partial charge in [-0.2, -0.15) is 0 Å². The summed E-state index contributed by atoms with van der Waals surface area (Å²) in [5.41, 5.74) is 3.84. The second-order valence-electron chi connectivity index (χ2n) is 10.1. The van der Waals surface area contributed by atoms with Crippen molar-refractivity contribution < 1.29 is 23.5 Å². The highest BCUT2D eigenvalue weighted by Crippen LogP contribution is 2.59. The first-order chi connectivity index (χ1) is 18.0. The molecule has 7 rings (SSSR count). The van der Waals surface area contributed by atoms with Crippen molar-refractivity contribution in [3.8, 4) is 17.3 Å². The van der Waals surface area contributed by atoms with Gasteiger partial charge in [-0.25, -0.2) is 9.97 Å². The number of hydrogen-bond donors (Lipinski definition) is 3. The average molecular weight is 499 g/mol. The number of fused-ring (bicyclic) bond motifs is 4. The number of para-hydroxylation sites is 1. The van der Waals surface area contributed by atoms with Crippen molar-refractivity contribution in [3.05, 3.63) is 82.8 Å². The van der Waals surface area contributed by atoms with E-state index in [1.807, 2.05) is 44.2 Å². The second-order valence-corrected chi connectivity index (χ2v) is 10.1. The van der Waals surface area contributed by atoms with Crippen LogP contribution in [0.2, 0.25) is 0 Å². The number of ether oxygens (including phenoxy) is 1. The summed E-state index contributed by atoms with van der Waals surface area (Å²) in [5.74, 6) is 1.81. The van der Waals surface area contributed by atoms with Crippen LogP contribution in [0.15, 0.2) is 57.6 Å². The highest BCUT2D eigenvalue weighted by atomic mass is 16.5. The van der Waals surface area contributed by atoms with Gasteiger partial charge in [0.05, 0.1) is 6.61 Å². The Labute approximate surface area is 212 Å². The van der Waals surface area contributed by atoms with Gasteiger partial charge in [0.25, 0.3) is 0 Å². The molecule has 9 nitrogen and oxygen atoms in total. The molecule has 3 N–H and O–H groups in total. The molecule has 0 aliphatic carbocycles. The Morgan fingerprint density at radius 2 is 1.97 bits per heavy atom. The van der Waals surface area contributed by atoms with Crippen molar-refractivity contribution in [1.82, 2.24) is 15.3 Å². The fourth-order valence-corrected chi connectivity index (χ4v) is 5.77. The molecule has 4 bridgehead atoms. The number of nitrogens with zero attached hydrogens (tertiary/aromatic N) is 2. The summed E-state index contributed by atoms with van der Waals surface area (Å²) in [6.45, 7) is 3.77. The molecule has 5 heterocycles. The predicted molar refractivity (Wildman–Crippen MR) is 133 cm³/mol. The van der Waals surface area contributed by atoms with Gasteiger partial charge in [-0.05, 0) is 35.6 Å². The highest BCUT2D eigenvalue weighted by molar-refractivity contribution is 5.78. The molecule has 0 fully saturated rings. The molecule has 2 aromatic carbocycles. The van der Waals surface area contributed by atoms with Gasteiger partial charge in [0, 0.05) is 17.7 Å². The number of aliphatic hydroxyl groups excluding tert-OH is 1. The molecule has 0 radical (unpaired) electrons. The van der Waals surface area contributed by atoms with E-state index < -0.39 is 17.7 Å². The summed E-state index contributed by atoms with van der Waals surface area (Å²) in [5, 5.41) is 16.3. The number of carbonyl (C=O) groups is 1. The molecule has 3 aliphatic heterocycles. The van der Waals surface area contributed by atoms with Crippen molar-refractivity contribution in [2.24, 2.45) is 5.92 Å². The smallest absolute Gasteiger partial charge is 0.249 e. The third-order valence-corrected chi connectivity index (χ3v) is 7.55. The van der Waals surface area contributed by atoms with Gasteiger partial charge in [0.15, 0.2) is 17.7 Å². The third kappa shape index (κ3) is 3.10. The van der Waals surface area contributed by atoms with Crippen LogP contribution in [0.3, 0.4) is 0 Å². The monoisotopic (exact) mass is 498 g/mol. The first-order valence-electron chi connectivity index (χ1n) is 12.5. The van der Waals surface area contributed by atoms with Gasteiger partial charge < -0.3 is 29.3 Å². The Kier molecular flexibility index (Phi) is 4.75. The van der Waals surface area contributed by atoms with Crippen LogP contribution in [-0.4, -0.2) is 27.2 Å². The third-order valence-electron chi connectivity index (χ3n) is 7.55. The number of oxazole rings is 2. The molecule has 3 unspecified atom stereocenters. The molecular formula is C28H26N4O5. The SMILES string of the molecule is CC(C)C1NC(=O)CCc2ccc3c(c2)C2(c4ccccc4NC2O3)c2oc1nc2-c1nc(CO)co1. The van der Waals surface area contributed by atoms with Crippen LogP contribution in [0.5, 0.6) is 5.75 Å². The first-order valence-corrected chi connectivity index (χ1v) is 12.5. The lowest BCUT2D eigenvalue weighted by molar-refractivity contribution is -0.122. The van der Waals surface area contributed by atoms with Crippen LogP contribution in [0.25, 0.3) is 11.6 Å². The molecular weight excluding hydrogens is 472 g/mol. The Morgan fingerprint density at radius 1 is 1.11 bits per heavy atom. The number of benzene rings is 2. The van der Waals surface area contributed by atoms with Crippen molar-refractivity contribution in [2.75, 3.05) is 5.32 Å². The van der Waals surface area contributed by atoms with E-state index in [4.69, 9.17) is 18.6 Å². The minimum atomic E-state index is -0.874. The predicted octanol–water partition coefficient (Wildman–Crippen LogP) is 4.06. The molecule has 0 saturated carbocycles. The molecule has 1 spiro atoms. The zero-order chi connectivity index (χ0) is 25.3. The van der Waals surface area contributed by atoms with Gasteiger partial charge in [-0.3, -0.25) is 4.79 Å². The summed E-state index contributed by atoms with van der Waals surface area (Å²) >= 11 is 0. The molecule has 3 aliphatic rings. The maximum atomic E-state index is 12.9. The lowest BCUT2D eigenvalue weighted by atomic mass is 9.72. The number of aliphatic hydroxyl groups is 1. The number of aryl methyl sites for hydroxylation is 1. The summed E-state index contributed by atoms with van der Waals surface area (Å²) in [4.78, 5) is 22.3. The van der Waals surface area contributed by atoms with E-state index in [2.05, 4.69) is 27.8 Å². The lowest BCUT2D eigenvalue weighted by Crippen LogP contribution is -2.40. The zero-order valence-corrected chi connectivity index (χ0v) is 20.4. The fourth-order valence-electron chi connectivity index (χ4n) is 5.77. The van der Waals surface area contributed by atoms with Crippen LogP contribution in [0.1, 0.15) is 60.3 Å². The van der Waals surface area contributed by atoms with Crippen LogP contribution in [-0.2, 0) is 23.2 Å². The van der Waals surface area contributed by atoms with Crippen LogP contribution < -0.4 is 15.4 Å². The molecule has 37 heavy (non-hydrogen) atoms. The summed E-state index contributed by atoms with van der Waals surface area (Å²) in [6.07, 6.45) is 1.86. The van der Waals surface area contributed by atoms with Crippen molar-refractivity contribution in [1.29, 1.82) is 0 Å². The number of hydrogen-bond acceptors (Lipinski definition) is 8. The number of carbonyl (C=O) groups excluding carboxylic acids is 1. The molecule has 188 valence electrons. The molecule has 0 saturated heterocycles. The van der Waals surface area contributed by atoms with E-state index in [0.717, 1.165) is 28.1 Å². The summed E-state index contributed by atoms with van der Waals surface area (Å²) in [7, 11) is 0. The maximum Gasteiger partial charge on any atom is 0.249 e. The number of anilines is 1. The molecule has 9 heteroatoms. The normalized spacial score (nSPS) is 23.4. The van der Waals surface area contributed by atoms with Gasteiger partial charge in [0.1, 0.15) is 29.2 Å². The molecule has 2 aromatic heterocycles. The van der Waals surface area contributed by atoms with Gasteiger partial charge >= 0.3 is 0 Å². The van der Waals surface area contributed by atoms with Crippen LogP contribution in [0, 0.1) is 5.92 Å². The van der Waals surface area contributed by atoms with E-state index in [1.54, 1.807) is 0 Å². The topological polar surface area (TPSA) is 123 Å². The van der Waals surface area contributed by atoms with Crippen LogP contribution >= 0.6 is 0 Å². The first kappa shape index (κ1) is 22.1. The standard InChI is InChI=1S/C28H26N4O5/c1-14(2)22-26-32-23(25-29-16(12-33)13-35-25)24(37-26)28-17-5-3-4-6-19(17)30-27(28)36-20-9-7-15(11-18(20)28)8-10-21(34)31-22/h3-7,9,11,13-14,22,27,30,33H,8,10,12H2,1-2H3,(H,31,34). The molecule has 3 atom stereocenters. The van der Waals surface area contributed by atoms with Gasteiger partial charge in [-0.15, -0.1) is 0 Å².